The summed E-state index contributed by atoms with van der Waals surface area (Å²) in [7, 11) is 1.60. The Kier molecular flexibility index (Phi) is 6.34. The first-order valence-corrected chi connectivity index (χ1v) is 8.34. The fourth-order valence-electron chi connectivity index (χ4n) is 3.48. The van der Waals surface area contributed by atoms with Crippen LogP contribution in [0, 0.1) is 5.41 Å². The zero-order valence-electron chi connectivity index (χ0n) is 14.1. The molecule has 1 saturated carbocycles. The van der Waals surface area contributed by atoms with Crippen LogP contribution in [0.3, 0.4) is 0 Å². The molecule has 1 fully saturated rings. The molecular formula is C18H26N2O4. The SMILES string of the molecule is COCCC1(C(=O)N(N)[C@@H](Cc2ccccc2)C(=O)O)CCCC1. The Morgan fingerprint density at radius 2 is 1.92 bits per heavy atom. The van der Waals surface area contributed by atoms with Crippen LogP contribution >= 0.6 is 0 Å². The predicted molar refractivity (Wildman–Crippen MR) is 90.0 cm³/mol. The van der Waals surface area contributed by atoms with Crippen LogP contribution in [0.2, 0.25) is 0 Å². The molecule has 0 saturated heterocycles. The maximum Gasteiger partial charge on any atom is 0.328 e. The molecule has 6 heteroatoms. The highest BCUT2D eigenvalue weighted by Gasteiger charge is 2.45. The number of nitrogens with two attached hydrogens (primary N) is 1. The number of carbonyl (C=O) groups excluding carboxylic acids is 1. The molecule has 1 aromatic carbocycles. The van der Waals surface area contributed by atoms with Crippen molar-refractivity contribution in [3.8, 4) is 0 Å². The minimum Gasteiger partial charge on any atom is -0.480 e. The van der Waals surface area contributed by atoms with Gasteiger partial charge in [0.25, 0.3) is 0 Å². The molecule has 0 aromatic heterocycles. The van der Waals surface area contributed by atoms with E-state index in [2.05, 4.69) is 0 Å². The van der Waals surface area contributed by atoms with Crippen molar-refractivity contribution in [1.82, 2.24) is 5.01 Å². The van der Waals surface area contributed by atoms with Crippen LogP contribution in [-0.2, 0) is 20.7 Å². The van der Waals surface area contributed by atoms with Gasteiger partial charge in [0, 0.05) is 20.1 Å². The normalized spacial score (nSPS) is 17.4. The van der Waals surface area contributed by atoms with Gasteiger partial charge >= 0.3 is 5.97 Å². The van der Waals surface area contributed by atoms with Gasteiger partial charge in [-0.3, -0.25) is 9.80 Å². The fraction of sp³-hybridized carbons (Fsp3) is 0.556. The van der Waals surface area contributed by atoms with Crippen molar-refractivity contribution in [3.05, 3.63) is 35.9 Å². The second-order valence-electron chi connectivity index (χ2n) is 6.49. The fourth-order valence-corrected chi connectivity index (χ4v) is 3.48. The highest BCUT2D eigenvalue weighted by molar-refractivity contribution is 5.87. The number of methoxy groups -OCH3 is 1. The van der Waals surface area contributed by atoms with Gasteiger partial charge in [-0.2, -0.15) is 0 Å². The van der Waals surface area contributed by atoms with Gasteiger partial charge in [-0.25, -0.2) is 10.6 Å². The van der Waals surface area contributed by atoms with E-state index >= 15 is 0 Å². The van der Waals surface area contributed by atoms with Gasteiger partial charge in [0.2, 0.25) is 5.91 Å². The number of carbonyl (C=O) groups is 2. The number of nitrogens with zero attached hydrogens (tertiary/aromatic N) is 1. The number of aliphatic carboxylic acids is 1. The third-order valence-electron chi connectivity index (χ3n) is 4.93. The molecule has 0 heterocycles. The first-order valence-electron chi connectivity index (χ1n) is 8.34. The summed E-state index contributed by atoms with van der Waals surface area (Å²) in [5, 5.41) is 10.5. The summed E-state index contributed by atoms with van der Waals surface area (Å²) < 4.78 is 5.13. The van der Waals surface area contributed by atoms with Gasteiger partial charge in [-0.1, -0.05) is 43.2 Å². The molecule has 3 N–H and O–H groups in total. The van der Waals surface area contributed by atoms with Crippen LogP contribution < -0.4 is 5.84 Å². The van der Waals surface area contributed by atoms with Crippen molar-refractivity contribution >= 4 is 11.9 Å². The average Bonchev–Trinajstić information content (AvgIpc) is 3.07. The van der Waals surface area contributed by atoms with Gasteiger partial charge < -0.3 is 9.84 Å². The van der Waals surface area contributed by atoms with Gasteiger partial charge in [0.05, 0.1) is 5.41 Å². The molecule has 1 atom stereocenters. The lowest BCUT2D eigenvalue weighted by molar-refractivity contribution is -0.156. The molecule has 0 unspecified atom stereocenters. The Morgan fingerprint density at radius 3 is 2.46 bits per heavy atom. The van der Waals surface area contributed by atoms with E-state index in [1.807, 2.05) is 30.3 Å². The molecule has 1 amide bonds. The first kappa shape index (κ1) is 18.4. The number of hydrogen-bond acceptors (Lipinski definition) is 4. The minimum atomic E-state index is -1.09. The smallest absolute Gasteiger partial charge is 0.328 e. The molecule has 1 aromatic rings. The van der Waals surface area contributed by atoms with Crippen molar-refractivity contribution in [1.29, 1.82) is 0 Å². The lowest BCUT2D eigenvalue weighted by Gasteiger charge is -2.34. The van der Waals surface area contributed by atoms with Crippen molar-refractivity contribution in [2.45, 2.75) is 44.6 Å². The third-order valence-corrected chi connectivity index (χ3v) is 4.93. The van der Waals surface area contributed by atoms with E-state index in [0.29, 0.717) is 13.0 Å². The first-order chi connectivity index (χ1) is 11.5. The van der Waals surface area contributed by atoms with Crippen molar-refractivity contribution in [2.75, 3.05) is 13.7 Å². The van der Waals surface area contributed by atoms with Gasteiger partial charge in [-0.05, 0) is 24.8 Å². The Labute approximate surface area is 142 Å². The molecule has 132 valence electrons. The van der Waals surface area contributed by atoms with E-state index in [-0.39, 0.29) is 12.3 Å². The van der Waals surface area contributed by atoms with Crippen LogP contribution in [0.4, 0.5) is 0 Å². The highest BCUT2D eigenvalue weighted by atomic mass is 16.5. The monoisotopic (exact) mass is 334 g/mol. The van der Waals surface area contributed by atoms with Crippen LogP contribution in [0.25, 0.3) is 0 Å². The maximum atomic E-state index is 13.0. The summed E-state index contributed by atoms with van der Waals surface area (Å²) in [5.74, 6) is 4.64. The van der Waals surface area contributed by atoms with E-state index in [4.69, 9.17) is 10.6 Å². The average molecular weight is 334 g/mol. The van der Waals surface area contributed by atoms with Crippen LogP contribution in [0.15, 0.2) is 30.3 Å². The summed E-state index contributed by atoms with van der Waals surface area (Å²) in [4.78, 5) is 24.7. The van der Waals surface area contributed by atoms with Gasteiger partial charge in [-0.15, -0.1) is 0 Å². The van der Waals surface area contributed by atoms with E-state index in [1.165, 1.54) is 0 Å². The molecule has 1 aliphatic carbocycles. The van der Waals surface area contributed by atoms with E-state index < -0.39 is 17.4 Å². The van der Waals surface area contributed by atoms with Crippen LogP contribution in [0.1, 0.15) is 37.7 Å². The van der Waals surface area contributed by atoms with E-state index in [9.17, 15) is 14.7 Å². The molecule has 2 rings (SSSR count). The summed E-state index contributed by atoms with van der Waals surface area (Å²) in [6, 6.07) is 8.15. The highest BCUT2D eigenvalue weighted by Crippen LogP contribution is 2.42. The number of hydrogen-bond donors (Lipinski definition) is 2. The summed E-state index contributed by atoms with van der Waals surface area (Å²) >= 11 is 0. The van der Waals surface area contributed by atoms with Crippen molar-refractivity contribution < 1.29 is 19.4 Å². The number of ether oxygens (including phenoxy) is 1. The minimum absolute atomic E-state index is 0.193. The van der Waals surface area contributed by atoms with Crippen LogP contribution in [0.5, 0.6) is 0 Å². The molecule has 0 aliphatic heterocycles. The summed E-state index contributed by atoms with van der Waals surface area (Å²) in [5.41, 5.74) is 0.250. The topological polar surface area (TPSA) is 92.9 Å². The van der Waals surface area contributed by atoms with E-state index in [1.54, 1.807) is 7.11 Å². The number of rotatable bonds is 8. The molecule has 6 nitrogen and oxygen atoms in total. The Hall–Kier alpha value is -1.92. The summed E-state index contributed by atoms with van der Waals surface area (Å²) in [6.45, 7) is 0.468. The lowest BCUT2D eigenvalue weighted by Crippen LogP contribution is -2.55. The second-order valence-corrected chi connectivity index (χ2v) is 6.49. The Bertz CT molecular complexity index is 555. The van der Waals surface area contributed by atoms with Gasteiger partial charge in [0.15, 0.2) is 0 Å². The summed E-state index contributed by atoms with van der Waals surface area (Å²) in [6.07, 6.45) is 4.16. The second kappa shape index (κ2) is 8.26. The number of amides is 1. The van der Waals surface area contributed by atoms with Crippen LogP contribution in [-0.4, -0.2) is 41.8 Å². The third kappa shape index (κ3) is 4.13. The predicted octanol–water partition coefficient (Wildman–Crippen LogP) is 1.98. The van der Waals surface area contributed by atoms with Crippen molar-refractivity contribution in [3.63, 3.8) is 0 Å². The zero-order chi connectivity index (χ0) is 17.6. The number of hydrazine groups is 1. The van der Waals surface area contributed by atoms with Crippen molar-refractivity contribution in [2.24, 2.45) is 11.3 Å². The Balaban J connectivity index is 2.16. The van der Waals surface area contributed by atoms with E-state index in [0.717, 1.165) is 36.3 Å². The zero-order valence-corrected chi connectivity index (χ0v) is 14.1. The number of carboxylic acids is 1. The quantitative estimate of drug-likeness (QED) is 0.431. The number of carboxylic acid groups (broad SMARTS) is 1. The maximum absolute atomic E-state index is 13.0. The standard InChI is InChI=1S/C18H26N2O4/c1-24-12-11-18(9-5-6-10-18)17(23)20(19)15(16(21)22)13-14-7-3-2-4-8-14/h2-4,7-8,15H,5-6,9-13,19H2,1H3,(H,21,22)/t15-/m0/s1. The lowest BCUT2D eigenvalue weighted by atomic mass is 9.81. The van der Waals surface area contributed by atoms with Gasteiger partial charge in [0.1, 0.15) is 6.04 Å². The molecule has 24 heavy (non-hydrogen) atoms. The molecule has 0 spiro atoms. The molecule has 0 radical (unpaired) electrons. The molecule has 1 aliphatic rings. The largest absolute Gasteiger partial charge is 0.480 e. The molecular weight excluding hydrogens is 308 g/mol. The molecule has 0 bridgehead atoms. The number of benzene rings is 1. The Morgan fingerprint density at radius 1 is 1.29 bits per heavy atom.